The van der Waals surface area contributed by atoms with Crippen LogP contribution >= 0.6 is 11.6 Å². The average Bonchev–Trinajstić information content (AvgIpc) is 3.09. The molecule has 0 saturated carbocycles. The van der Waals surface area contributed by atoms with E-state index in [2.05, 4.69) is 39.7 Å². The zero-order valence-electron chi connectivity index (χ0n) is 14.6. The second kappa shape index (κ2) is 6.81. The molecule has 4 rings (SSSR count). The van der Waals surface area contributed by atoms with Crippen LogP contribution in [-0.4, -0.2) is 21.6 Å². The van der Waals surface area contributed by atoms with Gasteiger partial charge in [0, 0.05) is 0 Å². The SMILES string of the molecule is COc1ccc(-c2cc3c(Cl)ncnc3n2C(C)c2ccccc2)cc1. The molecule has 0 aliphatic rings. The van der Waals surface area contributed by atoms with E-state index < -0.39 is 0 Å². The van der Waals surface area contributed by atoms with E-state index in [9.17, 15) is 0 Å². The molecule has 0 aliphatic heterocycles. The number of nitrogens with zero attached hydrogens (tertiary/aromatic N) is 3. The molecule has 2 aromatic carbocycles. The van der Waals surface area contributed by atoms with E-state index in [4.69, 9.17) is 16.3 Å². The number of ether oxygens (including phenoxy) is 1. The smallest absolute Gasteiger partial charge is 0.145 e. The summed E-state index contributed by atoms with van der Waals surface area (Å²) in [5.41, 5.74) is 4.14. The molecule has 0 spiro atoms. The Labute approximate surface area is 157 Å². The highest BCUT2D eigenvalue weighted by Gasteiger charge is 2.19. The third kappa shape index (κ3) is 2.82. The zero-order chi connectivity index (χ0) is 18.1. The Hall–Kier alpha value is -2.85. The Morgan fingerprint density at radius 2 is 1.73 bits per heavy atom. The number of benzene rings is 2. The van der Waals surface area contributed by atoms with Gasteiger partial charge in [0.1, 0.15) is 22.9 Å². The van der Waals surface area contributed by atoms with E-state index in [0.717, 1.165) is 28.0 Å². The number of hydrogen-bond donors (Lipinski definition) is 0. The van der Waals surface area contributed by atoms with Gasteiger partial charge in [-0.1, -0.05) is 41.9 Å². The van der Waals surface area contributed by atoms with Crippen LogP contribution in [0.25, 0.3) is 22.3 Å². The van der Waals surface area contributed by atoms with Crippen LogP contribution in [0.4, 0.5) is 0 Å². The highest BCUT2D eigenvalue weighted by molar-refractivity contribution is 6.34. The van der Waals surface area contributed by atoms with Crippen molar-refractivity contribution in [3.8, 4) is 17.0 Å². The minimum absolute atomic E-state index is 0.0942. The summed E-state index contributed by atoms with van der Waals surface area (Å²) in [6.07, 6.45) is 1.51. The summed E-state index contributed by atoms with van der Waals surface area (Å²) < 4.78 is 7.49. The van der Waals surface area contributed by atoms with Gasteiger partial charge in [-0.3, -0.25) is 0 Å². The first-order chi connectivity index (χ1) is 12.7. The van der Waals surface area contributed by atoms with E-state index in [1.807, 2.05) is 42.5 Å². The van der Waals surface area contributed by atoms with Crippen LogP contribution in [0, 0.1) is 0 Å². The molecule has 0 N–H and O–H groups in total. The fourth-order valence-electron chi connectivity index (χ4n) is 3.26. The maximum absolute atomic E-state index is 6.34. The van der Waals surface area contributed by atoms with Crippen molar-refractivity contribution in [3.63, 3.8) is 0 Å². The van der Waals surface area contributed by atoms with Gasteiger partial charge >= 0.3 is 0 Å². The maximum Gasteiger partial charge on any atom is 0.145 e. The molecule has 26 heavy (non-hydrogen) atoms. The van der Waals surface area contributed by atoms with Crippen LogP contribution in [0.3, 0.4) is 0 Å². The van der Waals surface area contributed by atoms with E-state index in [1.54, 1.807) is 7.11 Å². The number of aromatic nitrogens is 3. The second-order valence-corrected chi connectivity index (χ2v) is 6.47. The van der Waals surface area contributed by atoms with Crippen molar-refractivity contribution in [1.82, 2.24) is 14.5 Å². The Bertz CT molecular complexity index is 1040. The van der Waals surface area contributed by atoms with Crippen LogP contribution in [0.5, 0.6) is 5.75 Å². The molecule has 4 nitrogen and oxygen atoms in total. The normalized spacial score (nSPS) is 12.3. The fourth-order valence-corrected chi connectivity index (χ4v) is 3.44. The largest absolute Gasteiger partial charge is 0.497 e. The molecular weight excluding hydrogens is 346 g/mol. The lowest BCUT2D eigenvalue weighted by Gasteiger charge is -2.19. The Morgan fingerprint density at radius 3 is 2.42 bits per heavy atom. The van der Waals surface area contributed by atoms with Crippen molar-refractivity contribution < 1.29 is 4.74 Å². The standard InChI is InChI=1S/C21H18ClN3O/c1-14(15-6-4-3-5-7-15)25-19(16-8-10-17(26-2)11-9-16)12-18-20(22)23-13-24-21(18)25/h3-14H,1-2H3. The molecule has 1 unspecified atom stereocenters. The van der Waals surface area contributed by atoms with Crippen molar-refractivity contribution in [2.45, 2.75) is 13.0 Å². The first-order valence-electron chi connectivity index (χ1n) is 8.40. The molecule has 5 heteroatoms. The van der Waals surface area contributed by atoms with Crippen LogP contribution in [0.2, 0.25) is 5.15 Å². The van der Waals surface area contributed by atoms with Gasteiger partial charge in [0.25, 0.3) is 0 Å². The summed E-state index contributed by atoms with van der Waals surface area (Å²) in [6, 6.07) is 20.5. The predicted molar refractivity (Wildman–Crippen MR) is 105 cm³/mol. The number of fused-ring (bicyclic) bond motifs is 1. The Morgan fingerprint density at radius 1 is 1.00 bits per heavy atom. The molecule has 2 aromatic heterocycles. The number of methoxy groups -OCH3 is 1. The van der Waals surface area contributed by atoms with Crippen LogP contribution in [0.1, 0.15) is 18.5 Å². The second-order valence-electron chi connectivity index (χ2n) is 6.12. The molecule has 0 fully saturated rings. The molecule has 0 aliphatic carbocycles. The number of halogens is 1. The summed E-state index contributed by atoms with van der Waals surface area (Å²) in [6.45, 7) is 2.16. The van der Waals surface area contributed by atoms with Crippen LogP contribution in [-0.2, 0) is 0 Å². The van der Waals surface area contributed by atoms with E-state index in [1.165, 1.54) is 11.9 Å². The van der Waals surface area contributed by atoms with Gasteiger partial charge < -0.3 is 9.30 Å². The summed E-state index contributed by atoms with van der Waals surface area (Å²) >= 11 is 6.34. The molecule has 4 aromatic rings. The van der Waals surface area contributed by atoms with Crippen molar-refractivity contribution in [2.24, 2.45) is 0 Å². The van der Waals surface area contributed by atoms with Crippen molar-refractivity contribution in [2.75, 3.05) is 7.11 Å². The number of hydrogen-bond acceptors (Lipinski definition) is 3. The zero-order valence-corrected chi connectivity index (χ0v) is 15.3. The summed E-state index contributed by atoms with van der Waals surface area (Å²) in [5, 5.41) is 1.31. The average molecular weight is 364 g/mol. The minimum atomic E-state index is 0.0942. The fraction of sp³-hybridized carbons (Fsp3) is 0.143. The first-order valence-corrected chi connectivity index (χ1v) is 8.77. The molecule has 0 bridgehead atoms. The molecule has 1 atom stereocenters. The van der Waals surface area contributed by atoms with Gasteiger partial charge in [0.2, 0.25) is 0 Å². The van der Waals surface area contributed by atoms with Gasteiger partial charge in [0.15, 0.2) is 0 Å². The van der Waals surface area contributed by atoms with Gasteiger partial charge in [-0.2, -0.15) is 0 Å². The predicted octanol–water partition coefficient (Wildman–Crippen LogP) is 5.37. The molecule has 0 radical (unpaired) electrons. The van der Waals surface area contributed by atoms with Crippen LogP contribution < -0.4 is 4.74 Å². The minimum Gasteiger partial charge on any atom is -0.497 e. The first kappa shape index (κ1) is 16.6. The molecule has 0 saturated heterocycles. The van der Waals surface area contributed by atoms with Gasteiger partial charge in [0.05, 0.1) is 24.2 Å². The Kier molecular flexibility index (Phi) is 4.35. The van der Waals surface area contributed by atoms with Crippen molar-refractivity contribution >= 4 is 22.6 Å². The monoisotopic (exact) mass is 363 g/mol. The maximum atomic E-state index is 6.34. The quantitative estimate of drug-likeness (QED) is 0.457. The lowest BCUT2D eigenvalue weighted by molar-refractivity contribution is 0.415. The highest BCUT2D eigenvalue weighted by atomic mass is 35.5. The van der Waals surface area contributed by atoms with Gasteiger partial charge in [-0.15, -0.1) is 0 Å². The van der Waals surface area contributed by atoms with Crippen LogP contribution in [0.15, 0.2) is 67.0 Å². The summed E-state index contributed by atoms with van der Waals surface area (Å²) in [4.78, 5) is 8.65. The molecule has 130 valence electrons. The van der Waals surface area contributed by atoms with Crippen molar-refractivity contribution in [1.29, 1.82) is 0 Å². The Balaban J connectivity index is 1.95. The molecule has 2 heterocycles. The molecule has 0 amide bonds. The highest BCUT2D eigenvalue weighted by Crippen LogP contribution is 2.35. The third-order valence-corrected chi connectivity index (χ3v) is 4.94. The topological polar surface area (TPSA) is 39.9 Å². The third-order valence-electron chi connectivity index (χ3n) is 4.64. The van der Waals surface area contributed by atoms with E-state index in [-0.39, 0.29) is 6.04 Å². The van der Waals surface area contributed by atoms with Gasteiger partial charge in [-0.25, -0.2) is 9.97 Å². The van der Waals surface area contributed by atoms with Crippen molar-refractivity contribution in [3.05, 3.63) is 77.7 Å². The summed E-state index contributed by atoms with van der Waals surface area (Å²) in [7, 11) is 1.67. The lowest BCUT2D eigenvalue weighted by Crippen LogP contribution is -2.09. The number of rotatable bonds is 4. The van der Waals surface area contributed by atoms with Gasteiger partial charge in [-0.05, 0) is 48.4 Å². The van der Waals surface area contributed by atoms with E-state index in [0.29, 0.717) is 5.15 Å². The van der Waals surface area contributed by atoms with E-state index >= 15 is 0 Å². The molecular formula is C21H18ClN3O. The summed E-state index contributed by atoms with van der Waals surface area (Å²) in [5.74, 6) is 0.824. The lowest BCUT2D eigenvalue weighted by atomic mass is 10.1.